The van der Waals surface area contributed by atoms with Crippen LogP contribution in [-0.2, 0) is 6.54 Å². The van der Waals surface area contributed by atoms with Crippen LogP contribution in [0.1, 0.15) is 36.8 Å². The Morgan fingerprint density at radius 1 is 1.30 bits per heavy atom. The molecule has 0 aliphatic carbocycles. The van der Waals surface area contributed by atoms with E-state index in [4.69, 9.17) is 0 Å². The van der Waals surface area contributed by atoms with Gasteiger partial charge in [-0.05, 0) is 74.9 Å². The fourth-order valence-corrected chi connectivity index (χ4v) is 3.73. The van der Waals surface area contributed by atoms with Gasteiger partial charge in [-0.2, -0.15) is 0 Å². The average molecular weight is 276 g/mol. The van der Waals surface area contributed by atoms with E-state index in [1.807, 2.05) is 6.07 Å². The Bertz CT molecular complexity index is 454. The Morgan fingerprint density at radius 3 is 3.00 bits per heavy atom. The van der Waals surface area contributed by atoms with E-state index in [2.05, 4.69) is 17.1 Å². The molecule has 2 unspecified atom stereocenters. The topological polar surface area (TPSA) is 15.3 Å². The lowest BCUT2D eigenvalue weighted by Crippen LogP contribution is -2.43. The normalized spacial score (nSPS) is 27.9. The second kappa shape index (κ2) is 6.23. The summed E-state index contributed by atoms with van der Waals surface area (Å²) < 4.78 is 13.4. The quantitative estimate of drug-likeness (QED) is 0.912. The van der Waals surface area contributed by atoms with Crippen LogP contribution in [-0.4, -0.2) is 30.6 Å². The zero-order valence-electron chi connectivity index (χ0n) is 12.4. The molecule has 2 saturated heterocycles. The summed E-state index contributed by atoms with van der Waals surface area (Å²) in [6.07, 6.45) is 5.27. The summed E-state index contributed by atoms with van der Waals surface area (Å²) in [7, 11) is 0. The van der Waals surface area contributed by atoms with Gasteiger partial charge < -0.3 is 5.32 Å². The molecule has 0 spiro atoms. The van der Waals surface area contributed by atoms with E-state index in [-0.39, 0.29) is 5.82 Å². The molecule has 110 valence electrons. The summed E-state index contributed by atoms with van der Waals surface area (Å²) in [5.74, 6) is 0.664. The van der Waals surface area contributed by atoms with Gasteiger partial charge in [-0.15, -0.1) is 0 Å². The van der Waals surface area contributed by atoms with Crippen molar-refractivity contribution in [2.45, 2.75) is 45.2 Å². The van der Waals surface area contributed by atoms with Gasteiger partial charge in [0.25, 0.3) is 0 Å². The first-order chi connectivity index (χ1) is 9.72. The van der Waals surface area contributed by atoms with Crippen LogP contribution >= 0.6 is 0 Å². The summed E-state index contributed by atoms with van der Waals surface area (Å²) >= 11 is 0. The molecule has 2 atom stereocenters. The molecule has 1 aromatic rings. The number of aryl methyl sites for hydroxylation is 1. The van der Waals surface area contributed by atoms with E-state index in [9.17, 15) is 4.39 Å². The Hall–Kier alpha value is -0.930. The lowest BCUT2D eigenvalue weighted by molar-refractivity contribution is 0.145. The van der Waals surface area contributed by atoms with Crippen molar-refractivity contribution in [2.75, 3.05) is 19.6 Å². The number of halogens is 1. The number of piperidine rings is 1. The van der Waals surface area contributed by atoms with Crippen LogP contribution in [0.25, 0.3) is 0 Å². The highest BCUT2D eigenvalue weighted by Gasteiger charge is 2.29. The third-order valence-corrected chi connectivity index (χ3v) is 4.91. The Kier molecular flexibility index (Phi) is 4.37. The first kappa shape index (κ1) is 14.0. The Balaban J connectivity index is 1.63. The van der Waals surface area contributed by atoms with Gasteiger partial charge in [0.15, 0.2) is 0 Å². The number of likely N-dealkylation sites (tertiary alicyclic amines) is 1. The van der Waals surface area contributed by atoms with Crippen molar-refractivity contribution >= 4 is 0 Å². The van der Waals surface area contributed by atoms with E-state index >= 15 is 0 Å². The van der Waals surface area contributed by atoms with Crippen molar-refractivity contribution < 1.29 is 4.39 Å². The van der Waals surface area contributed by atoms with E-state index in [0.29, 0.717) is 6.04 Å². The highest BCUT2D eigenvalue weighted by Crippen LogP contribution is 2.26. The van der Waals surface area contributed by atoms with Crippen LogP contribution in [0.5, 0.6) is 0 Å². The maximum absolute atomic E-state index is 13.4. The monoisotopic (exact) mass is 276 g/mol. The smallest absolute Gasteiger partial charge is 0.123 e. The first-order valence-corrected chi connectivity index (χ1v) is 7.93. The SMILES string of the molecule is Cc1ccc(F)cc1CN1CCCC(C2CCCN2)C1. The predicted octanol–water partition coefficient (Wildman–Crippen LogP) is 3.10. The third-order valence-electron chi connectivity index (χ3n) is 4.91. The minimum absolute atomic E-state index is 0.114. The molecule has 2 fully saturated rings. The molecule has 3 rings (SSSR count). The van der Waals surface area contributed by atoms with Gasteiger partial charge in [0.2, 0.25) is 0 Å². The maximum Gasteiger partial charge on any atom is 0.123 e. The maximum atomic E-state index is 13.4. The minimum atomic E-state index is -0.114. The number of hydrogen-bond acceptors (Lipinski definition) is 2. The molecular weight excluding hydrogens is 251 g/mol. The molecule has 0 radical (unpaired) electrons. The standard InChI is InChI=1S/C17H25FN2/c1-13-6-7-16(18)10-15(13)12-20-9-3-4-14(11-20)17-5-2-8-19-17/h6-7,10,14,17,19H,2-5,8-9,11-12H2,1H3. The van der Waals surface area contributed by atoms with Gasteiger partial charge in [0.1, 0.15) is 5.82 Å². The fourth-order valence-electron chi connectivity index (χ4n) is 3.73. The molecule has 0 saturated carbocycles. The highest BCUT2D eigenvalue weighted by molar-refractivity contribution is 5.26. The van der Waals surface area contributed by atoms with Crippen LogP contribution in [0.3, 0.4) is 0 Å². The van der Waals surface area contributed by atoms with Gasteiger partial charge >= 0.3 is 0 Å². The highest BCUT2D eigenvalue weighted by atomic mass is 19.1. The van der Waals surface area contributed by atoms with Gasteiger partial charge in [0, 0.05) is 19.1 Å². The molecule has 3 heteroatoms. The number of rotatable bonds is 3. The zero-order valence-corrected chi connectivity index (χ0v) is 12.4. The summed E-state index contributed by atoms with van der Waals surface area (Å²) in [5, 5.41) is 3.64. The van der Waals surface area contributed by atoms with Gasteiger partial charge in [-0.3, -0.25) is 4.90 Å². The first-order valence-electron chi connectivity index (χ1n) is 7.93. The third kappa shape index (κ3) is 3.21. The van der Waals surface area contributed by atoms with Crippen molar-refractivity contribution in [2.24, 2.45) is 5.92 Å². The second-order valence-electron chi connectivity index (χ2n) is 6.41. The summed E-state index contributed by atoms with van der Waals surface area (Å²) in [6.45, 7) is 6.47. The minimum Gasteiger partial charge on any atom is -0.314 e. The largest absolute Gasteiger partial charge is 0.314 e. The molecule has 2 heterocycles. The number of hydrogen-bond donors (Lipinski definition) is 1. The van der Waals surface area contributed by atoms with E-state index in [1.165, 1.54) is 37.8 Å². The summed E-state index contributed by atoms with van der Waals surface area (Å²) in [5.41, 5.74) is 2.34. The molecule has 1 aromatic carbocycles. The Labute approximate surface area is 121 Å². The number of benzene rings is 1. The van der Waals surface area contributed by atoms with E-state index in [1.54, 1.807) is 12.1 Å². The summed E-state index contributed by atoms with van der Waals surface area (Å²) in [4.78, 5) is 2.51. The zero-order chi connectivity index (χ0) is 13.9. The van der Waals surface area contributed by atoms with Crippen LogP contribution < -0.4 is 5.32 Å². The molecular formula is C17H25FN2. The number of nitrogens with zero attached hydrogens (tertiary/aromatic N) is 1. The van der Waals surface area contributed by atoms with Crippen molar-refractivity contribution in [3.05, 3.63) is 35.1 Å². The van der Waals surface area contributed by atoms with Crippen molar-refractivity contribution in [1.82, 2.24) is 10.2 Å². The van der Waals surface area contributed by atoms with E-state index < -0.39 is 0 Å². The molecule has 2 aliphatic heterocycles. The fraction of sp³-hybridized carbons (Fsp3) is 0.647. The van der Waals surface area contributed by atoms with Crippen molar-refractivity contribution in [3.8, 4) is 0 Å². The van der Waals surface area contributed by atoms with Crippen molar-refractivity contribution in [1.29, 1.82) is 0 Å². The lowest BCUT2D eigenvalue weighted by Gasteiger charge is -2.36. The van der Waals surface area contributed by atoms with Gasteiger partial charge in [0.05, 0.1) is 0 Å². The van der Waals surface area contributed by atoms with Crippen LogP contribution in [0.15, 0.2) is 18.2 Å². The van der Waals surface area contributed by atoms with Crippen LogP contribution in [0.2, 0.25) is 0 Å². The van der Waals surface area contributed by atoms with Crippen molar-refractivity contribution in [3.63, 3.8) is 0 Å². The Morgan fingerprint density at radius 2 is 2.20 bits per heavy atom. The molecule has 1 N–H and O–H groups in total. The average Bonchev–Trinajstić information content (AvgIpc) is 2.97. The number of nitrogens with one attached hydrogen (secondary N) is 1. The molecule has 0 amide bonds. The van der Waals surface area contributed by atoms with Crippen LogP contribution in [0, 0.1) is 18.7 Å². The lowest BCUT2D eigenvalue weighted by atomic mass is 9.89. The van der Waals surface area contributed by atoms with Gasteiger partial charge in [-0.1, -0.05) is 6.07 Å². The van der Waals surface area contributed by atoms with Gasteiger partial charge in [-0.25, -0.2) is 4.39 Å². The molecule has 0 aromatic heterocycles. The van der Waals surface area contributed by atoms with E-state index in [0.717, 1.165) is 31.1 Å². The molecule has 2 aliphatic rings. The predicted molar refractivity (Wildman–Crippen MR) is 80.2 cm³/mol. The molecule has 2 nitrogen and oxygen atoms in total. The van der Waals surface area contributed by atoms with Crippen LogP contribution in [0.4, 0.5) is 4.39 Å². The molecule has 20 heavy (non-hydrogen) atoms. The second-order valence-corrected chi connectivity index (χ2v) is 6.41. The molecule has 0 bridgehead atoms. The summed E-state index contributed by atoms with van der Waals surface area (Å²) in [6, 6.07) is 5.86.